The summed E-state index contributed by atoms with van der Waals surface area (Å²) in [5.74, 6) is -3.41. The minimum Gasteiger partial charge on any atom is -0.396 e. The van der Waals surface area contributed by atoms with Gasteiger partial charge in [0.2, 0.25) is 0 Å². The topological polar surface area (TPSA) is 65.3 Å². The van der Waals surface area contributed by atoms with Crippen LogP contribution in [0.25, 0.3) is 0 Å². The fourth-order valence-electron chi connectivity index (χ4n) is 4.06. The summed E-state index contributed by atoms with van der Waals surface area (Å²) in [6, 6.07) is 5.52. The maximum atomic E-state index is 13.6. The molecule has 2 aliphatic rings. The van der Waals surface area contributed by atoms with Gasteiger partial charge in [-0.25, -0.2) is 4.39 Å². The van der Waals surface area contributed by atoms with E-state index in [1.807, 2.05) is 0 Å². The number of alkyl halides is 3. The van der Waals surface area contributed by atoms with Crippen LogP contribution >= 0.6 is 0 Å². The van der Waals surface area contributed by atoms with Crippen LogP contribution in [-0.4, -0.2) is 42.7 Å². The largest absolute Gasteiger partial charge is 0.396 e. The summed E-state index contributed by atoms with van der Waals surface area (Å²) in [6.45, 7) is 0.204. The van der Waals surface area contributed by atoms with E-state index in [9.17, 15) is 22.7 Å². The molecule has 2 unspecified atom stereocenters. The summed E-state index contributed by atoms with van der Waals surface area (Å²) >= 11 is 0. The monoisotopic (exact) mass is 372 g/mol. The zero-order valence-corrected chi connectivity index (χ0v) is 14.0. The van der Waals surface area contributed by atoms with Gasteiger partial charge in [-0.3, -0.25) is 0 Å². The molecule has 0 aliphatic carbocycles. The van der Waals surface area contributed by atoms with Crippen LogP contribution in [0.4, 0.5) is 17.6 Å². The van der Waals surface area contributed by atoms with Crippen LogP contribution in [-0.2, 0) is 4.74 Å². The lowest BCUT2D eigenvalue weighted by atomic mass is 9.79. The quantitative estimate of drug-likeness (QED) is 0.801. The second-order valence-corrected chi connectivity index (χ2v) is 7.01. The van der Waals surface area contributed by atoms with Crippen LogP contribution in [0, 0.1) is 23.1 Å². The van der Waals surface area contributed by atoms with Crippen molar-refractivity contribution in [3.63, 3.8) is 0 Å². The summed E-state index contributed by atoms with van der Waals surface area (Å²) in [5.41, 5.74) is -0.466. The maximum absolute atomic E-state index is 13.6. The van der Waals surface area contributed by atoms with Crippen molar-refractivity contribution in [1.82, 2.24) is 5.32 Å². The number of hydrogen-bond donors (Lipinski definition) is 2. The van der Waals surface area contributed by atoms with Gasteiger partial charge in [-0.2, -0.15) is 18.4 Å². The van der Waals surface area contributed by atoms with Gasteiger partial charge in [0.1, 0.15) is 17.8 Å². The first kappa shape index (κ1) is 19.1. The van der Waals surface area contributed by atoms with Crippen LogP contribution in [0.1, 0.15) is 36.3 Å². The summed E-state index contributed by atoms with van der Waals surface area (Å²) < 4.78 is 60.0. The lowest BCUT2D eigenvalue weighted by Gasteiger charge is -2.35. The Morgan fingerprint density at radius 1 is 1.35 bits per heavy atom. The Bertz CT molecular complexity index is 695. The molecule has 1 aromatic carbocycles. The van der Waals surface area contributed by atoms with Crippen molar-refractivity contribution in [3.05, 3.63) is 35.1 Å². The number of aliphatic hydroxyl groups is 1. The third-order valence-electron chi connectivity index (χ3n) is 5.44. The molecule has 0 aromatic heterocycles. The highest BCUT2D eigenvalue weighted by atomic mass is 19.4. The Kier molecular flexibility index (Phi) is 5.24. The lowest BCUT2D eigenvalue weighted by Crippen LogP contribution is -2.44. The van der Waals surface area contributed by atoms with Gasteiger partial charge in [0, 0.05) is 5.92 Å². The molecule has 3 atom stereocenters. The smallest absolute Gasteiger partial charge is 0.396 e. The zero-order chi connectivity index (χ0) is 18.9. The number of nitrogens with zero attached hydrogens (tertiary/aromatic N) is 1. The number of nitriles is 1. The second kappa shape index (κ2) is 7.14. The third kappa shape index (κ3) is 3.56. The molecule has 3 rings (SSSR count). The zero-order valence-electron chi connectivity index (χ0n) is 14.0. The molecule has 0 amide bonds. The number of ether oxygens (including phenoxy) is 1. The molecule has 2 N–H and O–H groups in total. The molecule has 142 valence electrons. The summed E-state index contributed by atoms with van der Waals surface area (Å²) in [7, 11) is 0. The Hall–Kier alpha value is -1.69. The first-order chi connectivity index (χ1) is 12.3. The highest BCUT2D eigenvalue weighted by Gasteiger charge is 2.56. The molecular weight excluding hydrogens is 352 g/mol. The molecule has 4 nitrogen and oxygen atoms in total. The molecule has 1 spiro atoms. The van der Waals surface area contributed by atoms with Gasteiger partial charge in [-0.05, 0) is 50.0 Å². The van der Waals surface area contributed by atoms with Gasteiger partial charge in [0.25, 0.3) is 0 Å². The van der Waals surface area contributed by atoms with E-state index in [4.69, 9.17) is 10.00 Å². The molecule has 2 heterocycles. The molecule has 0 radical (unpaired) electrons. The van der Waals surface area contributed by atoms with Crippen molar-refractivity contribution >= 4 is 0 Å². The van der Waals surface area contributed by atoms with E-state index < -0.39 is 42.1 Å². The fraction of sp³-hybridized carbons (Fsp3) is 0.611. The van der Waals surface area contributed by atoms with E-state index in [1.54, 1.807) is 6.07 Å². The average Bonchev–Trinajstić information content (AvgIpc) is 2.94. The normalized spacial score (nSPS) is 26.6. The maximum Gasteiger partial charge on any atom is 0.396 e. The van der Waals surface area contributed by atoms with Crippen molar-refractivity contribution in [2.24, 2.45) is 5.92 Å². The van der Waals surface area contributed by atoms with Crippen molar-refractivity contribution < 1.29 is 27.4 Å². The fourth-order valence-corrected chi connectivity index (χ4v) is 4.06. The molecule has 0 saturated carbocycles. The predicted octanol–water partition coefficient (Wildman–Crippen LogP) is 2.86. The van der Waals surface area contributed by atoms with Gasteiger partial charge in [-0.1, -0.05) is 6.07 Å². The number of halogens is 4. The molecule has 26 heavy (non-hydrogen) atoms. The first-order valence-electron chi connectivity index (χ1n) is 8.55. The number of piperidine rings is 1. The van der Waals surface area contributed by atoms with Crippen molar-refractivity contribution in [2.75, 3.05) is 19.7 Å². The van der Waals surface area contributed by atoms with E-state index in [2.05, 4.69) is 5.32 Å². The summed E-state index contributed by atoms with van der Waals surface area (Å²) in [5, 5.41) is 21.6. The molecule has 1 aromatic rings. The number of rotatable bonds is 3. The summed E-state index contributed by atoms with van der Waals surface area (Å²) in [4.78, 5) is 0. The number of benzene rings is 1. The van der Waals surface area contributed by atoms with E-state index in [-0.39, 0.29) is 5.56 Å². The van der Waals surface area contributed by atoms with Crippen molar-refractivity contribution in [1.29, 1.82) is 5.26 Å². The minimum absolute atomic E-state index is 0.208. The van der Waals surface area contributed by atoms with E-state index in [0.29, 0.717) is 37.9 Å². The SMILES string of the molecule is N#Cc1cc(C2CC3(CCNCC3)O[C@H]2C(CO)C(F)(F)F)ccc1F. The summed E-state index contributed by atoms with van der Waals surface area (Å²) in [6.07, 6.45) is -4.39. The molecule has 2 aliphatic heterocycles. The van der Waals surface area contributed by atoms with Crippen LogP contribution < -0.4 is 5.32 Å². The third-order valence-corrected chi connectivity index (χ3v) is 5.44. The van der Waals surface area contributed by atoms with Gasteiger partial charge in [0.15, 0.2) is 0 Å². The van der Waals surface area contributed by atoms with Crippen LogP contribution in [0.3, 0.4) is 0 Å². The van der Waals surface area contributed by atoms with Crippen molar-refractivity contribution in [2.45, 2.75) is 43.1 Å². The average molecular weight is 372 g/mol. The Labute approximate surface area is 148 Å². The van der Waals surface area contributed by atoms with Crippen LogP contribution in [0.2, 0.25) is 0 Å². The molecule has 2 saturated heterocycles. The number of nitrogens with one attached hydrogen (secondary N) is 1. The van der Waals surface area contributed by atoms with Crippen LogP contribution in [0.5, 0.6) is 0 Å². The van der Waals surface area contributed by atoms with Gasteiger partial charge < -0.3 is 15.2 Å². The molecule has 2 fully saturated rings. The molecular formula is C18H20F4N2O2. The van der Waals surface area contributed by atoms with Gasteiger partial charge in [0.05, 0.1) is 23.9 Å². The number of hydrogen-bond acceptors (Lipinski definition) is 4. The number of aliphatic hydroxyl groups excluding tert-OH is 1. The molecule has 8 heteroatoms. The standard InChI is InChI=1S/C18H20F4N2O2/c19-15-2-1-11(7-12(15)9-23)13-8-17(3-5-24-6-4-17)26-16(13)14(10-25)18(20,21)22/h1-2,7,13-14,16,24-25H,3-6,8,10H2/t13?,14?,16-/m1/s1. The molecule has 0 bridgehead atoms. The Balaban J connectivity index is 2.00. The van der Waals surface area contributed by atoms with Crippen molar-refractivity contribution in [3.8, 4) is 6.07 Å². The van der Waals surface area contributed by atoms with E-state index >= 15 is 0 Å². The van der Waals surface area contributed by atoms with Crippen LogP contribution in [0.15, 0.2) is 18.2 Å². The Morgan fingerprint density at radius 2 is 2.04 bits per heavy atom. The van der Waals surface area contributed by atoms with E-state index in [1.165, 1.54) is 12.1 Å². The Morgan fingerprint density at radius 3 is 2.62 bits per heavy atom. The highest BCUT2D eigenvalue weighted by Crippen LogP contribution is 2.50. The lowest BCUT2D eigenvalue weighted by molar-refractivity contribution is -0.224. The second-order valence-electron chi connectivity index (χ2n) is 7.01. The first-order valence-corrected chi connectivity index (χ1v) is 8.55. The van der Waals surface area contributed by atoms with Gasteiger partial charge in [-0.15, -0.1) is 0 Å². The minimum atomic E-state index is -4.62. The van der Waals surface area contributed by atoms with Gasteiger partial charge >= 0.3 is 6.18 Å². The highest BCUT2D eigenvalue weighted by molar-refractivity contribution is 5.37. The van der Waals surface area contributed by atoms with E-state index in [0.717, 1.165) is 6.07 Å². The predicted molar refractivity (Wildman–Crippen MR) is 84.8 cm³/mol.